The molecule has 0 fully saturated rings. The van der Waals surface area contributed by atoms with Gasteiger partial charge in [-0.05, 0) is 42.8 Å². The Morgan fingerprint density at radius 2 is 1.84 bits per heavy atom. The number of hydrogen-bond donors (Lipinski definition) is 0. The van der Waals surface area contributed by atoms with Crippen LogP contribution in [0.5, 0.6) is 11.5 Å². The molecule has 0 saturated heterocycles. The summed E-state index contributed by atoms with van der Waals surface area (Å²) in [6.07, 6.45) is -4.41. The Balaban J connectivity index is 2.14. The van der Waals surface area contributed by atoms with Crippen LogP contribution in [-0.2, 0) is 17.5 Å². The van der Waals surface area contributed by atoms with Crippen molar-refractivity contribution in [3.05, 3.63) is 59.2 Å². The van der Waals surface area contributed by atoms with E-state index in [2.05, 4.69) is 0 Å². The van der Waals surface area contributed by atoms with Crippen LogP contribution in [0.3, 0.4) is 0 Å². The van der Waals surface area contributed by atoms with Gasteiger partial charge in [0.25, 0.3) is 0 Å². The summed E-state index contributed by atoms with van der Waals surface area (Å²) in [6, 6.07) is 9.36. The molecule has 2 rings (SSSR count). The van der Waals surface area contributed by atoms with Crippen LogP contribution in [0.1, 0.15) is 28.4 Å². The Labute approximate surface area is 143 Å². The van der Waals surface area contributed by atoms with Crippen molar-refractivity contribution in [1.82, 2.24) is 0 Å². The van der Waals surface area contributed by atoms with E-state index in [1.54, 1.807) is 6.92 Å². The minimum atomic E-state index is -4.41. The van der Waals surface area contributed by atoms with E-state index in [0.717, 1.165) is 12.1 Å². The van der Waals surface area contributed by atoms with Gasteiger partial charge in [0.1, 0.15) is 6.61 Å². The van der Waals surface area contributed by atoms with E-state index in [0.29, 0.717) is 16.9 Å². The minimum absolute atomic E-state index is 0.0704. The molecular formula is C18H17F3O4. The van der Waals surface area contributed by atoms with Gasteiger partial charge in [-0.25, -0.2) is 4.79 Å². The molecule has 0 spiro atoms. The van der Waals surface area contributed by atoms with E-state index in [-0.39, 0.29) is 19.0 Å². The lowest BCUT2D eigenvalue weighted by Gasteiger charge is -2.13. The lowest BCUT2D eigenvalue weighted by Crippen LogP contribution is -2.07. The van der Waals surface area contributed by atoms with Gasteiger partial charge in [0.05, 0.1) is 24.8 Å². The largest absolute Gasteiger partial charge is 0.493 e. The van der Waals surface area contributed by atoms with Crippen LogP contribution in [-0.4, -0.2) is 19.7 Å². The highest BCUT2D eigenvalue weighted by Gasteiger charge is 2.30. The average Bonchev–Trinajstić information content (AvgIpc) is 2.59. The van der Waals surface area contributed by atoms with Gasteiger partial charge < -0.3 is 14.2 Å². The van der Waals surface area contributed by atoms with Gasteiger partial charge in [0.15, 0.2) is 11.5 Å². The third-order valence-electron chi connectivity index (χ3n) is 3.32. The summed E-state index contributed by atoms with van der Waals surface area (Å²) in [4.78, 5) is 11.7. The zero-order valence-corrected chi connectivity index (χ0v) is 13.7. The Morgan fingerprint density at radius 1 is 1.08 bits per heavy atom. The topological polar surface area (TPSA) is 44.8 Å². The molecule has 4 nitrogen and oxygen atoms in total. The van der Waals surface area contributed by atoms with E-state index in [4.69, 9.17) is 14.2 Å². The van der Waals surface area contributed by atoms with Gasteiger partial charge in [-0.1, -0.05) is 12.1 Å². The molecule has 0 bridgehead atoms. The van der Waals surface area contributed by atoms with Crippen LogP contribution in [0.2, 0.25) is 0 Å². The van der Waals surface area contributed by atoms with Crippen LogP contribution in [0.15, 0.2) is 42.5 Å². The quantitative estimate of drug-likeness (QED) is 0.718. The first kappa shape index (κ1) is 18.6. The Morgan fingerprint density at radius 3 is 2.48 bits per heavy atom. The van der Waals surface area contributed by atoms with Crippen LogP contribution >= 0.6 is 0 Å². The molecule has 0 N–H and O–H groups in total. The second-order valence-corrected chi connectivity index (χ2v) is 5.07. The summed E-state index contributed by atoms with van der Waals surface area (Å²) in [6.45, 7) is 1.87. The van der Waals surface area contributed by atoms with Gasteiger partial charge in [0, 0.05) is 0 Å². The second kappa shape index (κ2) is 7.92. The third-order valence-corrected chi connectivity index (χ3v) is 3.32. The fraction of sp³-hybridized carbons (Fsp3) is 0.278. The number of rotatable bonds is 6. The van der Waals surface area contributed by atoms with Crippen molar-refractivity contribution in [3.63, 3.8) is 0 Å². The molecule has 0 aliphatic carbocycles. The highest BCUT2D eigenvalue weighted by atomic mass is 19.4. The minimum Gasteiger partial charge on any atom is -0.493 e. The highest BCUT2D eigenvalue weighted by molar-refractivity contribution is 5.90. The van der Waals surface area contributed by atoms with E-state index < -0.39 is 17.7 Å². The summed E-state index contributed by atoms with van der Waals surface area (Å²) < 4.78 is 53.8. The molecule has 0 atom stereocenters. The summed E-state index contributed by atoms with van der Waals surface area (Å²) >= 11 is 0. The molecule has 0 aliphatic rings. The Bertz CT molecular complexity index is 741. The molecule has 134 valence electrons. The molecule has 0 saturated carbocycles. The normalized spacial score (nSPS) is 11.1. The van der Waals surface area contributed by atoms with Gasteiger partial charge in [-0.15, -0.1) is 0 Å². The highest BCUT2D eigenvalue weighted by Crippen LogP contribution is 2.31. The lowest BCUT2D eigenvalue weighted by atomic mass is 10.1. The molecule has 0 aromatic heterocycles. The molecule has 0 radical (unpaired) electrons. The number of benzene rings is 2. The van der Waals surface area contributed by atoms with Gasteiger partial charge in [-0.2, -0.15) is 13.2 Å². The molecule has 2 aromatic rings. The number of carbonyl (C=O) groups is 1. The van der Waals surface area contributed by atoms with Gasteiger partial charge in [-0.3, -0.25) is 0 Å². The number of esters is 1. The molecular weight excluding hydrogens is 337 g/mol. The first-order valence-corrected chi connectivity index (χ1v) is 7.49. The fourth-order valence-electron chi connectivity index (χ4n) is 2.13. The summed E-state index contributed by atoms with van der Waals surface area (Å²) in [5.74, 6) is 0.107. The van der Waals surface area contributed by atoms with Crippen molar-refractivity contribution < 1.29 is 32.2 Å². The zero-order valence-electron chi connectivity index (χ0n) is 13.7. The van der Waals surface area contributed by atoms with Crippen LogP contribution in [0.25, 0.3) is 0 Å². The predicted molar refractivity (Wildman–Crippen MR) is 84.7 cm³/mol. The monoisotopic (exact) mass is 354 g/mol. The molecule has 0 heterocycles. The smallest absolute Gasteiger partial charge is 0.416 e. The van der Waals surface area contributed by atoms with Crippen molar-refractivity contribution in [1.29, 1.82) is 0 Å². The lowest BCUT2D eigenvalue weighted by molar-refractivity contribution is -0.137. The average molecular weight is 354 g/mol. The van der Waals surface area contributed by atoms with E-state index in [1.807, 2.05) is 0 Å². The van der Waals surface area contributed by atoms with Crippen molar-refractivity contribution in [2.45, 2.75) is 19.7 Å². The number of carbonyl (C=O) groups excluding carboxylic acids is 1. The summed E-state index contributed by atoms with van der Waals surface area (Å²) in [5.41, 5.74) is -0.0744. The first-order chi connectivity index (χ1) is 11.8. The molecule has 0 aliphatic heterocycles. The standard InChI is InChI=1S/C18H17F3O4/c1-3-24-17(22)13-7-8-15(16(10-13)23-2)25-11-12-5-4-6-14(9-12)18(19,20)21/h4-10H,3,11H2,1-2H3. The maximum absolute atomic E-state index is 12.7. The Kier molecular flexibility index (Phi) is 5.90. The van der Waals surface area contributed by atoms with E-state index in [1.165, 1.54) is 37.4 Å². The second-order valence-electron chi connectivity index (χ2n) is 5.07. The van der Waals surface area contributed by atoms with Crippen molar-refractivity contribution in [2.75, 3.05) is 13.7 Å². The third kappa shape index (κ3) is 4.89. The molecule has 25 heavy (non-hydrogen) atoms. The van der Waals surface area contributed by atoms with Crippen molar-refractivity contribution in [2.24, 2.45) is 0 Å². The van der Waals surface area contributed by atoms with Crippen LogP contribution in [0, 0.1) is 0 Å². The first-order valence-electron chi connectivity index (χ1n) is 7.49. The summed E-state index contributed by atoms with van der Waals surface area (Å²) in [7, 11) is 1.40. The maximum Gasteiger partial charge on any atom is 0.416 e. The van der Waals surface area contributed by atoms with Crippen LogP contribution in [0.4, 0.5) is 13.2 Å². The van der Waals surface area contributed by atoms with Crippen molar-refractivity contribution in [3.8, 4) is 11.5 Å². The van der Waals surface area contributed by atoms with Crippen LogP contribution < -0.4 is 9.47 Å². The predicted octanol–water partition coefficient (Wildman–Crippen LogP) is 4.47. The molecule has 0 unspecified atom stereocenters. The van der Waals surface area contributed by atoms with Crippen molar-refractivity contribution >= 4 is 5.97 Å². The Hall–Kier alpha value is -2.70. The van der Waals surface area contributed by atoms with E-state index in [9.17, 15) is 18.0 Å². The zero-order chi connectivity index (χ0) is 18.4. The molecule has 2 aromatic carbocycles. The number of methoxy groups -OCH3 is 1. The summed E-state index contributed by atoms with van der Waals surface area (Å²) in [5, 5.41) is 0. The maximum atomic E-state index is 12.7. The SMILES string of the molecule is CCOC(=O)c1ccc(OCc2cccc(C(F)(F)F)c2)c(OC)c1. The fourth-order valence-corrected chi connectivity index (χ4v) is 2.13. The number of alkyl halides is 3. The van der Waals surface area contributed by atoms with Gasteiger partial charge >= 0.3 is 12.1 Å². The molecule has 0 amide bonds. The van der Waals surface area contributed by atoms with Gasteiger partial charge in [0.2, 0.25) is 0 Å². The molecule has 7 heteroatoms. The number of halogens is 3. The number of hydrogen-bond acceptors (Lipinski definition) is 4. The number of ether oxygens (including phenoxy) is 3. The van der Waals surface area contributed by atoms with E-state index >= 15 is 0 Å².